The van der Waals surface area contributed by atoms with Gasteiger partial charge in [-0.3, -0.25) is 4.79 Å². The first-order chi connectivity index (χ1) is 8.19. The lowest BCUT2D eigenvalue weighted by Gasteiger charge is -2.01. The Hall–Kier alpha value is -2.23. The molecule has 0 saturated carbocycles. The highest BCUT2D eigenvalue weighted by molar-refractivity contribution is 5.70. The summed E-state index contributed by atoms with van der Waals surface area (Å²) in [6.07, 6.45) is 0.0101. The Morgan fingerprint density at radius 2 is 1.94 bits per heavy atom. The van der Waals surface area contributed by atoms with Crippen molar-refractivity contribution in [3.05, 3.63) is 42.1 Å². The molecule has 0 unspecified atom stereocenters. The van der Waals surface area contributed by atoms with Crippen molar-refractivity contribution in [2.24, 2.45) is 0 Å². The molecule has 17 heavy (non-hydrogen) atoms. The summed E-state index contributed by atoms with van der Waals surface area (Å²) >= 11 is 0. The van der Waals surface area contributed by atoms with E-state index in [4.69, 9.17) is 9.84 Å². The highest BCUT2D eigenvalue weighted by Crippen LogP contribution is 2.21. The van der Waals surface area contributed by atoms with Gasteiger partial charge in [0.1, 0.15) is 5.75 Å². The summed E-state index contributed by atoms with van der Waals surface area (Å²) in [5, 5.41) is 8.68. The average molecular weight is 231 g/mol. The number of aromatic nitrogens is 1. The van der Waals surface area contributed by atoms with Crippen molar-refractivity contribution in [2.75, 3.05) is 7.11 Å². The van der Waals surface area contributed by atoms with Crippen molar-refractivity contribution in [1.82, 2.24) is 4.98 Å². The number of carbonyl (C=O) groups is 1. The summed E-state index contributed by atoms with van der Waals surface area (Å²) in [6, 6.07) is 11.2. The van der Waals surface area contributed by atoms with Crippen molar-refractivity contribution in [1.29, 1.82) is 0 Å². The fourth-order valence-corrected chi connectivity index (χ4v) is 1.65. The largest absolute Gasteiger partial charge is 0.497 e. The summed E-state index contributed by atoms with van der Waals surface area (Å²) in [5.74, 6) is -0.0424. The van der Waals surface area contributed by atoms with Crippen LogP contribution in [0, 0.1) is 0 Å². The minimum atomic E-state index is -0.840. The number of aromatic amines is 1. The van der Waals surface area contributed by atoms with Gasteiger partial charge in [0.15, 0.2) is 0 Å². The first-order valence-corrected chi connectivity index (χ1v) is 5.23. The topological polar surface area (TPSA) is 62.3 Å². The Morgan fingerprint density at radius 3 is 2.53 bits per heavy atom. The molecule has 4 heteroatoms. The Bertz CT molecular complexity index is 514. The number of carboxylic acid groups (broad SMARTS) is 1. The summed E-state index contributed by atoms with van der Waals surface area (Å²) < 4.78 is 5.07. The summed E-state index contributed by atoms with van der Waals surface area (Å²) in [7, 11) is 1.62. The lowest BCUT2D eigenvalue weighted by molar-refractivity contribution is -0.136. The second-order valence-electron chi connectivity index (χ2n) is 3.70. The number of rotatable bonds is 4. The first kappa shape index (κ1) is 11.3. The number of ether oxygens (including phenoxy) is 1. The smallest absolute Gasteiger partial charge is 0.309 e. The zero-order valence-corrected chi connectivity index (χ0v) is 9.43. The van der Waals surface area contributed by atoms with Gasteiger partial charge < -0.3 is 14.8 Å². The maximum Gasteiger partial charge on any atom is 0.309 e. The van der Waals surface area contributed by atoms with Crippen LogP contribution in [0.3, 0.4) is 0 Å². The van der Waals surface area contributed by atoms with E-state index in [1.54, 1.807) is 13.2 Å². The van der Waals surface area contributed by atoms with E-state index in [-0.39, 0.29) is 6.42 Å². The molecule has 0 aliphatic carbocycles. The van der Waals surface area contributed by atoms with E-state index < -0.39 is 5.97 Å². The fraction of sp³-hybridized carbons (Fsp3) is 0.154. The van der Waals surface area contributed by atoms with Gasteiger partial charge >= 0.3 is 5.97 Å². The van der Waals surface area contributed by atoms with Gasteiger partial charge in [0.2, 0.25) is 0 Å². The van der Waals surface area contributed by atoms with Gasteiger partial charge in [0.05, 0.1) is 13.5 Å². The second-order valence-corrected chi connectivity index (χ2v) is 3.70. The van der Waals surface area contributed by atoms with Gasteiger partial charge in [-0.15, -0.1) is 0 Å². The predicted molar refractivity (Wildman–Crippen MR) is 64.1 cm³/mol. The number of carboxylic acids is 1. The van der Waals surface area contributed by atoms with Crippen molar-refractivity contribution in [3.63, 3.8) is 0 Å². The molecular formula is C13H13NO3. The van der Waals surface area contributed by atoms with Crippen LogP contribution in [0.15, 0.2) is 36.4 Å². The van der Waals surface area contributed by atoms with Gasteiger partial charge in [0.25, 0.3) is 0 Å². The van der Waals surface area contributed by atoms with E-state index in [1.807, 2.05) is 30.3 Å². The zero-order chi connectivity index (χ0) is 12.3. The molecule has 1 heterocycles. The number of H-pyrrole nitrogens is 1. The number of aliphatic carboxylic acids is 1. The lowest BCUT2D eigenvalue weighted by atomic mass is 10.1. The van der Waals surface area contributed by atoms with E-state index >= 15 is 0 Å². The summed E-state index contributed by atoms with van der Waals surface area (Å²) in [4.78, 5) is 13.6. The molecule has 0 fully saturated rings. The molecule has 0 saturated heterocycles. The second kappa shape index (κ2) is 4.74. The van der Waals surface area contributed by atoms with Gasteiger partial charge in [0, 0.05) is 11.4 Å². The van der Waals surface area contributed by atoms with Crippen LogP contribution in [0.1, 0.15) is 5.69 Å². The molecular weight excluding hydrogens is 218 g/mol. The minimum absolute atomic E-state index is 0.0101. The molecule has 4 nitrogen and oxygen atoms in total. The quantitative estimate of drug-likeness (QED) is 0.848. The molecule has 0 aliphatic rings. The van der Waals surface area contributed by atoms with Gasteiger partial charge in [-0.25, -0.2) is 0 Å². The van der Waals surface area contributed by atoms with E-state index in [2.05, 4.69) is 4.98 Å². The van der Waals surface area contributed by atoms with Crippen LogP contribution in [-0.4, -0.2) is 23.2 Å². The Labute approximate surface area is 98.9 Å². The summed E-state index contributed by atoms with van der Waals surface area (Å²) in [6.45, 7) is 0. The van der Waals surface area contributed by atoms with Gasteiger partial charge in [-0.05, 0) is 42.0 Å². The highest BCUT2D eigenvalue weighted by atomic mass is 16.5. The normalized spacial score (nSPS) is 10.2. The molecule has 2 rings (SSSR count). The van der Waals surface area contributed by atoms with E-state index in [0.717, 1.165) is 17.0 Å². The minimum Gasteiger partial charge on any atom is -0.497 e. The third-order valence-electron chi connectivity index (χ3n) is 2.49. The molecule has 0 bridgehead atoms. The maximum atomic E-state index is 10.6. The van der Waals surface area contributed by atoms with E-state index in [9.17, 15) is 4.79 Å². The number of benzene rings is 1. The molecule has 1 aromatic carbocycles. The van der Waals surface area contributed by atoms with Crippen LogP contribution in [0.4, 0.5) is 0 Å². The number of nitrogens with one attached hydrogen (secondary N) is 1. The number of methoxy groups -OCH3 is 1. The molecule has 0 spiro atoms. The molecule has 2 N–H and O–H groups in total. The number of hydrogen-bond donors (Lipinski definition) is 2. The SMILES string of the molecule is COc1ccc(-c2ccc(CC(=O)O)[nH]2)cc1. The van der Waals surface area contributed by atoms with Crippen LogP contribution in [0.5, 0.6) is 5.75 Å². The highest BCUT2D eigenvalue weighted by Gasteiger charge is 2.05. The monoisotopic (exact) mass is 231 g/mol. The van der Waals surface area contributed by atoms with Crippen molar-refractivity contribution < 1.29 is 14.6 Å². The molecule has 1 aromatic heterocycles. The van der Waals surface area contributed by atoms with Crippen LogP contribution in [0.25, 0.3) is 11.3 Å². The molecule has 0 amide bonds. The Balaban J connectivity index is 2.21. The maximum absolute atomic E-state index is 10.6. The standard InChI is InChI=1S/C13H13NO3/c1-17-11-5-2-9(3-6-11)12-7-4-10(14-12)8-13(15)16/h2-7,14H,8H2,1H3,(H,15,16). The molecule has 2 aromatic rings. The van der Waals surface area contributed by atoms with Gasteiger partial charge in [-0.1, -0.05) is 0 Å². The van der Waals surface area contributed by atoms with Gasteiger partial charge in [-0.2, -0.15) is 0 Å². The van der Waals surface area contributed by atoms with Crippen molar-refractivity contribution >= 4 is 5.97 Å². The predicted octanol–water partition coefficient (Wildman–Crippen LogP) is 2.32. The van der Waals surface area contributed by atoms with Crippen LogP contribution < -0.4 is 4.74 Å². The Kier molecular flexibility index (Phi) is 3.14. The fourth-order valence-electron chi connectivity index (χ4n) is 1.65. The van der Waals surface area contributed by atoms with Crippen LogP contribution >= 0.6 is 0 Å². The van der Waals surface area contributed by atoms with E-state index in [0.29, 0.717) is 5.69 Å². The third kappa shape index (κ3) is 2.66. The molecule has 0 aliphatic heterocycles. The summed E-state index contributed by atoms with van der Waals surface area (Å²) in [5.41, 5.74) is 2.61. The molecule has 0 atom stereocenters. The van der Waals surface area contributed by atoms with Crippen molar-refractivity contribution in [2.45, 2.75) is 6.42 Å². The molecule has 0 radical (unpaired) electrons. The zero-order valence-electron chi connectivity index (χ0n) is 9.43. The molecule has 88 valence electrons. The van der Waals surface area contributed by atoms with E-state index in [1.165, 1.54) is 0 Å². The first-order valence-electron chi connectivity index (χ1n) is 5.23. The van der Waals surface area contributed by atoms with Crippen LogP contribution in [-0.2, 0) is 11.2 Å². The lowest BCUT2D eigenvalue weighted by Crippen LogP contribution is -1.99. The average Bonchev–Trinajstić information content (AvgIpc) is 2.77. The third-order valence-corrected chi connectivity index (χ3v) is 2.49. The number of hydrogen-bond acceptors (Lipinski definition) is 2. The Morgan fingerprint density at radius 1 is 1.24 bits per heavy atom. The van der Waals surface area contributed by atoms with Crippen molar-refractivity contribution in [3.8, 4) is 17.0 Å². The van der Waals surface area contributed by atoms with Crippen LogP contribution in [0.2, 0.25) is 0 Å².